The molecule has 11 heteroatoms. The lowest BCUT2D eigenvalue weighted by Gasteiger charge is -2.37. The van der Waals surface area contributed by atoms with Gasteiger partial charge in [0.2, 0.25) is 5.75 Å². The zero-order valence-electron chi connectivity index (χ0n) is 36.2. The zero-order valence-corrected chi connectivity index (χ0v) is 36.2. The van der Waals surface area contributed by atoms with E-state index in [1.54, 1.807) is 28.4 Å². The van der Waals surface area contributed by atoms with Crippen LogP contribution in [0.5, 0.6) is 46.0 Å². The molecule has 0 aromatic heterocycles. The number of carbonyl (C=O) groups is 1. The monoisotopic (exact) mass is 834 g/mol. The van der Waals surface area contributed by atoms with Gasteiger partial charge in [0.25, 0.3) is 0 Å². The van der Waals surface area contributed by atoms with Crippen molar-refractivity contribution in [2.45, 2.75) is 37.8 Å². The largest absolute Gasteiger partial charge is 0.493 e. The second-order valence-electron chi connectivity index (χ2n) is 15.8. The van der Waals surface area contributed by atoms with Crippen LogP contribution in [-0.2, 0) is 25.7 Å². The van der Waals surface area contributed by atoms with Gasteiger partial charge in [0.05, 0.1) is 28.4 Å². The van der Waals surface area contributed by atoms with E-state index < -0.39 is 0 Å². The van der Waals surface area contributed by atoms with Gasteiger partial charge in [-0.1, -0.05) is 54.6 Å². The average molecular weight is 835 g/mol. The molecule has 4 aliphatic rings. The van der Waals surface area contributed by atoms with E-state index in [1.807, 2.05) is 78.9 Å². The van der Waals surface area contributed by atoms with Gasteiger partial charge in [0.1, 0.15) is 5.75 Å². The molecule has 0 aliphatic carbocycles. The van der Waals surface area contributed by atoms with Crippen LogP contribution in [0.1, 0.15) is 45.5 Å². The molecule has 2 amide bonds. The van der Waals surface area contributed by atoms with Crippen molar-refractivity contribution in [3.63, 3.8) is 0 Å². The second kappa shape index (κ2) is 18.9. The minimum absolute atomic E-state index is 0.000437. The molecular formula is C51H54N4O7. The summed E-state index contributed by atoms with van der Waals surface area (Å²) in [6, 6.07) is 39.6. The third-order valence-corrected chi connectivity index (χ3v) is 11.9. The van der Waals surface area contributed by atoms with Crippen molar-refractivity contribution in [3.8, 4) is 46.0 Å². The van der Waals surface area contributed by atoms with Gasteiger partial charge in [-0.05, 0) is 134 Å². The maximum absolute atomic E-state index is 11.6. The van der Waals surface area contributed by atoms with E-state index in [1.165, 1.54) is 22.3 Å². The molecule has 6 bridgehead atoms. The van der Waals surface area contributed by atoms with E-state index in [0.29, 0.717) is 40.2 Å². The number of likely N-dealkylation sites (N-methyl/N-ethyl adjacent to an activating group) is 2. The summed E-state index contributed by atoms with van der Waals surface area (Å²) < 4.78 is 37.1. The van der Waals surface area contributed by atoms with E-state index in [0.717, 1.165) is 67.0 Å². The highest BCUT2D eigenvalue weighted by Crippen LogP contribution is 2.52. The molecule has 4 aliphatic heterocycles. The molecule has 2 N–H and O–H groups in total. The fourth-order valence-corrected chi connectivity index (χ4v) is 8.61. The van der Waals surface area contributed by atoms with Gasteiger partial charge in [-0.3, -0.25) is 9.80 Å². The van der Waals surface area contributed by atoms with Crippen LogP contribution in [0.25, 0.3) is 0 Å². The number of methoxy groups -OCH3 is 4. The Balaban J connectivity index is 0.000000277. The van der Waals surface area contributed by atoms with Gasteiger partial charge in [-0.2, -0.15) is 0 Å². The molecule has 4 heterocycles. The van der Waals surface area contributed by atoms with Gasteiger partial charge >= 0.3 is 6.03 Å². The Kier molecular flexibility index (Phi) is 12.8. The van der Waals surface area contributed by atoms with Crippen molar-refractivity contribution in [2.24, 2.45) is 0 Å². The first kappa shape index (κ1) is 42.0. The van der Waals surface area contributed by atoms with Crippen LogP contribution in [0, 0.1) is 0 Å². The van der Waals surface area contributed by atoms with Gasteiger partial charge in [0.15, 0.2) is 34.5 Å². The van der Waals surface area contributed by atoms with Crippen molar-refractivity contribution in [2.75, 3.05) is 66.3 Å². The molecule has 6 aromatic carbocycles. The highest BCUT2D eigenvalue weighted by Gasteiger charge is 2.35. The molecule has 62 heavy (non-hydrogen) atoms. The Bertz CT molecular complexity index is 2450. The predicted molar refractivity (Wildman–Crippen MR) is 243 cm³/mol. The second-order valence-corrected chi connectivity index (χ2v) is 15.8. The number of hydrogen-bond acceptors (Lipinski definition) is 9. The summed E-state index contributed by atoms with van der Waals surface area (Å²) in [5.74, 6) is 5.41. The number of amides is 2. The fourth-order valence-electron chi connectivity index (χ4n) is 8.61. The lowest BCUT2D eigenvalue weighted by Crippen LogP contribution is -2.34. The number of urea groups is 1. The maximum atomic E-state index is 11.6. The highest BCUT2D eigenvalue weighted by atomic mass is 16.5. The standard InChI is InChI=1S/C38H42N2O6.C13H12N2O/c1-39-15-13-25-20-32(42-4)34-22-28(25)29(39)17-23-7-10-27(11-8-23)45-33-19-24(9-12-31(33)41-3)18-30-36-26(14-16-40(30)2)21-35(43-5)37(44-6)38(36)46-34;16-13(14-11-7-3-1-4-8-11)15-12-9-5-2-6-10-12/h7-12,19-22,29-30H,13-18H2,1-6H3;1-10H,(H2,14,15,16). The molecule has 10 rings (SSSR count). The molecule has 0 spiro atoms. The first-order valence-corrected chi connectivity index (χ1v) is 20.9. The van der Waals surface area contributed by atoms with Crippen molar-refractivity contribution >= 4 is 17.4 Å². The molecule has 320 valence electrons. The number of hydrogen-bond donors (Lipinski definition) is 2. The van der Waals surface area contributed by atoms with E-state index >= 15 is 0 Å². The Morgan fingerprint density at radius 3 is 1.77 bits per heavy atom. The zero-order chi connectivity index (χ0) is 43.2. The number of carbonyl (C=O) groups excluding carboxylic acids is 1. The van der Waals surface area contributed by atoms with Crippen molar-refractivity contribution in [1.82, 2.24) is 9.80 Å². The van der Waals surface area contributed by atoms with Crippen LogP contribution < -0.4 is 39.1 Å². The molecule has 2 atom stereocenters. The third-order valence-electron chi connectivity index (χ3n) is 11.9. The van der Waals surface area contributed by atoms with Crippen LogP contribution in [0.15, 0.2) is 121 Å². The Morgan fingerprint density at radius 1 is 0.581 bits per heavy atom. The number of para-hydroxylation sites is 2. The van der Waals surface area contributed by atoms with Crippen molar-refractivity contribution in [1.29, 1.82) is 0 Å². The van der Waals surface area contributed by atoms with Crippen LogP contribution >= 0.6 is 0 Å². The van der Waals surface area contributed by atoms with E-state index in [2.05, 4.69) is 77.0 Å². The first-order valence-electron chi connectivity index (χ1n) is 20.9. The lowest BCUT2D eigenvalue weighted by atomic mass is 9.87. The van der Waals surface area contributed by atoms with Crippen LogP contribution in [0.2, 0.25) is 0 Å². The highest BCUT2D eigenvalue weighted by molar-refractivity contribution is 5.99. The number of fused-ring (bicyclic) bond motifs is 2. The maximum Gasteiger partial charge on any atom is 0.323 e. The Labute approximate surface area is 364 Å². The molecule has 2 unspecified atom stereocenters. The molecule has 6 aromatic rings. The minimum Gasteiger partial charge on any atom is -0.493 e. The fraction of sp³-hybridized carbons (Fsp3) is 0.275. The van der Waals surface area contributed by atoms with Gasteiger partial charge in [0, 0.05) is 42.1 Å². The first-order chi connectivity index (χ1) is 30.2. The Hall–Kier alpha value is -6.69. The van der Waals surface area contributed by atoms with Gasteiger partial charge in [-0.15, -0.1) is 0 Å². The number of rotatable bonds is 6. The summed E-state index contributed by atoms with van der Waals surface area (Å²) >= 11 is 0. The number of benzene rings is 6. The van der Waals surface area contributed by atoms with Gasteiger partial charge < -0.3 is 39.1 Å². The average Bonchev–Trinajstić information content (AvgIpc) is 3.29. The van der Waals surface area contributed by atoms with Crippen LogP contribution in [0.3, 0.4) is 0 Å². The molecule has 0 fully saturated rings. The summed E-state index contributed by atoms with van der Waals surface area (Å²) in [7, 11) is 11.1. The lowest BCUT2D eigenvalue weighted by molar-refractivity contribution is 0.220. The van der Waals surface area contributed by atoms with E-state index in [4.69, 9.17) is 28.4 Å². The third kappa shape index (κ3) is 9.14. The number of nitrogens with zero attached hydrogens (tertiary/aromatic N) is 2. The van der Waals surface area contributed by atoms with Crippen molar-refractivity contribution in [3.05, 3.63) is 155 Å². The normalized spacial score (nSPS) is 16.7. The molecule has 0 radical (unpaired) electrons. The summed E-state index contributed by atoms with van der Waals surface area (Å²) in [5.41, 5.74) is 8.70. The summed E-state index contributed by atoms with van der Waals surface area (Å²) in [6.07, 6.45) is 3.37. The van der Waals surface area contributed by atoms with Crippen LogP contribution in [-0.4, -0.2) is 71.5 Å². The number of anilines is 2. The molecule has 11 nitrogen and oxygen atoms in total. The number of ether oxygens (including phenoxy) is 6. The minimum atomic E-state index is -0.239. The Morgan fingerprint density at radius 2 is 1.15 bits per heavy atom. The van der Waals surface area contributed by atoms with Crippen molar-refractivity contribution < 1.29 is 33.2 Å². The summed E-state index contributed by atoms with van der Waals surface area (Å²) in [4.78, 5) is 16.4. The molecule has 0 saturated heterocycles. The quantitative estimate of drug-likeness (QED) is 0.170. The van der Waals surface area contributed by atoms with Crippen LogP contribution in [0.4, 0.5) is 16.2 Å². The molecular weight excluding hydrogens is 781 g/mol. The predicted octanol–water partition coefficient (Wildman–Crippen LogP) is 10.5. The SMILES string of the molecule is COc1ccc2cc1Oc1ccc(cc1)CC1c3cc(c(OC)cc3CCN1C)Oc1c(OC)c(OC)cc3c1C(C2)N(C)CC3.O=C(Nc1ccccc1)Nc1ccccc1. The smallest absolute Gasteiger partial charge is 0.323 e. The van der Waals surface area contributed by atoms with Gasteiger partial charge in [-0.25, -0.2) is 4.79 Å². The topological polar surface area (TPSA) is 103 Å². The molecule has 0 saturated carbocycles. The summed E-state index contributed by atoms with van der Waals surface area (Å²) in [6.45, 7) is 1.86. The van der Waals surface area contributed by atoms with E-state index in [-0.39, 0.29) is 18.1 Å². The summed E-state index contributed by atoms with van der Waals surface area (Å²) in [5, 5.41) is 5.48. The van der Waals surface area contributed by atoms with E-state index in [9.17, 15) is 4.79 Å². The number of nitrogens with one attached hydrogen (secondary N) is 2.